The highest BCUT2D eigenvalue weighted by Crippen LogP contribution is 2.27. The molecule has 8 heteroatoms. The fourth-order valence-electron chi connectivity index (χ4n) is 1.52. The van der Waals surface area contributed by atoms with Crippen LogP contribution in [0.2, 0.25) is 0 Å². The molecule has 2 aromatic rings. The van der Waals surface area contributed by atoms with Crippen molar-refractivity contribution in [2.75, 3.05) is 11.9 Å². The number of aliphatic hydroxyl groups is 1. The molecule has 0 bridgehead atoms. The number of hydrogen-bond acceptors (Lipinski definition) is 4. The van der Waals surface area contributed by atoms with Gasteiger partial charge in [-0.25, -0.2) is 13.5 Å². The minimum atomic E-state index is -0.686. The van der Waals surface area contributed by atoms with Crippen molar-refractivity contribution in [2.24, 2.45) is 0 Å². The fourth-order valence-corrected chi connectivity index (χ4v) is 2.07. The molecule has 0 saturated carbocycles. The molecule has 0 saturated heterocycles. The SMILES string of the molecule is OCCn1cc(CNc2c(F)cc(F)cc2Br)nn1. The van der Waals surface area contributed by atoms with Gasteiger partial charge in [0.15, 0.2) is 0 Å². The van der Waals surface area contributed by atoms with E-state index in [0.717, 1.165) is 6.07 Å². The zero-order valence-corrected chi connectivity index (χ0v) is 11.4. The molecule has 2 N–H and O–H groups in total. The van der Waals surface area contributed by atoms with Crippen molar-refractivity contribution in [1.29, 1.82) is 0 Å². The molecule has 0 aliphatic carbocycles. The van der Waals surface area contributed by atoms with E-state index in [4.69, 9.17) is 5.11 Å². The van der Waals surface area contributed by atoms with Gasteiger partial charge in [0, 0.05) is 10.5 Å². The molecule has 0 spiro atoms. The first-order valence-electron chi connectivity index (χ1n) is 5.48. The summed E-state index contributed by atoms with van der Waals surface area (Å²) >= 11 is 3.08. The maximum atomic E-state index is 13.5. The van der Waals surface area contributed by atoms with E-state index in [2.05, 4.69) is 31.6 Å². The minimum absolute atomic E-state index is 0.0334. The molecule has 0 radical (unpaired) electrons. The molecule has 0 aliphatic rings. The van der Waals surface area contributed by atoms with Gasteiger partial charge in [-0.3, -0.25) is 0 Å². The smallest absolute Gasteiger partial charge is 0.150 e. The van der Waals surface area contributed by atoms with Crippen LogP contribution in [0.4, 0.5) is 14.5 Å². The first-order chi connectivity index (χ1) is 9.10. The Morgan fingerprint density at radius 2 is 2.16 bits per heavy atom. The Bertz CT molecular complexity index is 553. The van der Waals surface area contributed by atoms with Crippen LogP contribution in [0.5, 0.6) is 0 Å². The van der Waals surface area contributed by atoms with Crippen molar-refractivity contribution < 1.29 is 13.9 Å². The fraction of sp³-hybridized carbons (Fsp3) is 0.273. The van der Waals surface area contributed by atoms with Gasteiger partial charge >= 0.3 is 0 Å². The van der Waals surface area contributed by atoms with Crippen molar-refractivity contribution in [2.45, 2.75) is 13.1 Å². The van der Waals surface area contributed by atoms with Gasteiger partial charge < -0.3 is 10.4 Å². The van der Waals surface area contributed by atoms with Crippen molar-refractivity contribution >= 4 is 21.6 Å². The van der Waals surface area contributed by atoms with Crippen LogP contribution in [0.15, 0.2) is 22.8 Å². The van der Waals surface area contributed by atoms with Gasteiger partial charge in [-0.1, -0.05) is 5.21 Å². The van der Waals surface area contributed by atoms with Crippen LogP contribution in [-0.2, 0) is 13.1 Å². The van der Waals surface area contributed by atoms with Gasteiger partial charge in [-0.2, -0.15) is 0 Å². The third-order valence-electron chi connectivity index (χ3n) is 2.37. The van der Waals surface area contributed by atoms with Crippen LogP contribution in [0.1, 0.15) is 5.69 Å². The minimum Gasteiger partial charge on any atom is -0.394 e. The maximum Gasteiger partial charge on any atom is 0.150 e. The van der Waals surface area contributed by atoms with Crippen molar-refractivity contribution in [3.05, 3.63) is 40.1 Å². The summed E-state index contributed by atoms with van der Waals surface area (Å²) in [4.78, 5) is 0. The first-order valence-corrected chi connectivity index (χ1v) is 6.27. The molecule has 2 rings (SSSR count). The van der Waals surface area contributed by atoms with E-state index in [1.807, 2.05) is 0 Å². The van der Waals surface area contributed by atoms with Crippen LogP contribution in [0.3, 0.4) is 0 Å². The molecular formula is C11H11BrF2N4O. The highest BCUT2D eigenvalue weighted by Gasteiger charge is 2.10. The molecule has 0 aliphatic heterocycles. The van der Waals surface area contributed by atoms with E-state index in [-0.39, 0.29) is 18.8 Å². The molecule has 1 aromatic heterocycles. The third-order valence-corrected chi connectivity index (χ3v) is 2.99. The summed E-state index contributed by atoms with van der Waals surface area (Å²) in [5.74, 6) is -1.33. The molecule has 0 unspecified atom stereocenters. The maximum absolute atomic E-state index is 13.5. The highest BCUT2D eigenvalue weighted by atomic mass is 79.9. The molecule has 1 heterocycles. The number of nitrogens with one attached hydrogen (secondary N) is 1. The quantitative estimate of drug-likeness (QED) is 0.878. The molecule has 1 aromatic carbocycles. The van der Waals surface area contributed by atoms with Crippen LogP contribution in [0, 0.1) is 11.6 Å². The molecule has 0 amide bonds. The molecular weight excluding hydrogens is 322 g/mol. The molecule has 0 fully saturated rings. The van der Waals surface area contributed by atoms with Crippen LogP contribution < -0.4 is 5.32 Å². The summed E-state index contributed by atoms with van der Waals surface area (Å²) in [5.41, 5.74) is 0.752. The Hall–Kier alpha value is -1.54. The van der Waals surface area contributed by atoms with E-state index < -0.39 is 11.6 Å². The lowest BCUT2D eigenvalue weighted by Crippen LogP contribution is -2.03. The Kier molecular flexibility index (Phi) is 4.43. The standard InChI is InChI=1S/C11H11BrF2N4O/c12-9-3-7(13)4-10(14)11(9)15-5-8-6-18(1-2-19)17-16-8/h3-4,6,15,19H,1-2,5H2. The van der Waals surface area contributed by atoms with Crippen LogP contribution >= 0.6 is 15.9 Å². The Labute approximate surface area is 116 Å². The zero-order valence-electron chi connectivity index (χ0n) is 9.78. The number of hydrogen-bond donors (Lipinski definition) is 2. The lowest BCUT2D eigenvalue weighted by molar-refractivity contribution is 0.268. The van der Waals surface area contributed by atoms with Crippen LogP contribution in [-0.4, -0.2) is 26.7 Å². The average molecular weight is 333 g/mol. The normalized spacial score (nSPS) is 10.7. The van der Waals surface area contributed by atoms with Gasteiger partial charge in [0.05, 0.1) is 31.6 Å². The lowest BCUT2D eigenvalue weighted by Gasteiger charge is -2.08. The third kappa shape index (κ3) is 3.48. The number of nitrogens with zero attached hydrogens (tertiary/aromatic N) is 3. The second-order valence-electron chi connectivity index (χ2n) is 3.79. The highest BCUT2D eigenvalue weighted by molar-refractivity contribution is 9.10. The predicted molar refractivity (Wildman–Crippen MR) is 68.5 cm³/mol. The Morgan fingerprint density at radius 3 is 2.84 bits per heavy atom. The topological polar surface area (TPSA) is 63.0 Å². The lowest BCUT2D eigenvalue weighted by atomic mass is 10.3. The van der Waals surface area contributed by atoms with Gasteiger partial charge in [0.1, 0.15) is 17.3 Å². The largest absolute Gasteiger partial charge is 0.394 e. The van der Waals surface area contributed by atoms with Crippen molar-refractivity contribution in [1.82, 2.24) is 15.0 Å². The summed E-state index contributed by atoms with van der Waals surface area (Å²) < 4.78 is 28.2. The average Bonchev–Trinajstić information content (AvgIpc) is 2.76. The molecule has 0 atom stereocenters. The molecule has 102 valence electrons. The van der Waals surface area contributed by atoms with E-state index >= 15 is 0 Å². The number of aliphatic hydroxyl groups excluding tert-OH is 1. The molecule has 5 nitrogen and oxygen atoms in total. The summed E-state index contributed by atoms with van der Waals surface area (Å²) in [5, 5.41) is 19.2. The Morgan fingerprint density at radius 1 is 1.37 bits per heavy atom. The zero-order chi connectivity index (χ0) is 13.8. The van der Waals surface area contributed by atoms with E-state index in [9.17, 15) is 8.78 Å². The van der Waals surface area contributed by atoms with Crippen molar-refractivity contribution in [3.8, 4) is 0 Å². The predicted octanol–water partition coefficient (Wildman–Crippen LogP) is 1.92. The van der Waals surface area contributed by atoms with Gasteiger partial charge in [-0.15, -0.1) is 5.10 Å². The number of halogens is 3. The first kappa shape index (κ1) is 13.9. The Balaban J connectivity index is 2.05. The second kappa shape index (κ2) is 6.07. The molecule has 19 heavy (non-hydrogen) atoms. The van der Waals surface area contributed by atoms with Gasteiger partial charge in [0.2, 0.25) is 0 Å². The number of benzene rings is 1. The second-order valence-corrected chi connectivity index (χ2v) is 4.65. The monoisotopic (exact) mass is 332 g/mol. The summed E-state index contributed by atoms with van der Waals surface area (Å²) in [7, 11) is 0. The van der Waals surface area contributed by atoms with E-state index in [0.29, 0.717) is 16.7 Å². The number of anilines is 1. The van der Waals surface area contributed by atoms with E-state index in [1.54, 1.807) is 6.20 Å². The number of rotatable bonds is 5. The van der Waals surface area contributed by atoms with Crippen molar-refractivity contribution in [3.63, 3.8) is 0 Å². The summed E-state index contributed by atoms with van der Waals surface area (Å²) in [6.07, 6.45) is 1.64. The van der Waals surface area contributed by atoms with E-state index in [1.165, 1.54) is 10.7 Å². The summed E-state index contributed by atoms with van der Waals surface area (Å²) in [6.45, 7) is 0.558. The van der Waals surface area contributed by atoms with Gasteiger partial charge in [0.25, 0.3) is 0 Å². The summed E-state index contributed by atoms with van der Waals surface area (Å²) in [6, 6.07) is 1.98. The van der Waals surface area contributed by atoms with Crippen LogP contribution in [0.25, 0.3) is 0 Å². The number of aromatic nitrogens is 3. The van der Waals surface area contributed by atoms with Gasteiger partial charge in [-0.05, 0) is 22.0 Å².